The van der Waals surface area contributed by atoms with Gasteiger partial charge >= 0.3 is 5.97 Å². The molecule has 0 saturated carbocycles. The Morgan fingerprint density at radius 3 is 2.82 bits per heavy atom. The van der Waals surface area contributed by atoms with E-state index < -0.39 is 5.97 Å². The van der Waals surface area contributed by atoms with Crippen LogP contribution in [0, 0.1) is 6.92 Å². The zero-order valence-corrected chi connectivity index (χ0v) is 9.66. The second-order valence-electron chi connectivity index (χ2n) is 4.14. The Morgan fingerprint density at radius 2 is 2.18 bits per heavy atom. The van der Waals surface area contributed by atoms with Crippen LogP contribution in [-0.2, 0) is 6.42 Å². The summed E-state index contributed by atoms with van der Waals surface area (Å²) in [5.74, 6) is -0.909. The molecule has 0 spiro atoms. The monoisotopic (exact) mass is 233 g/mol. The van der Waals surface area contributed by atoms with Gasteiger partial charge in [-0.1, -0.05) is 6.07 Å². The fraction of sp³-hybridized carbons (Fsp3) is 0.308. The average Bonchev–Trinajstić information content (AvgIpc) is 2.61. The second kappa shape index (κ2) is 4.59. The van der Waals surface area contributed by atoms with Gasteiger partial charge in [-0.2, -0.15) is 0 Å². The van der Waals surface area contributed by atoms with Gasteiger partial charge in [0.2, 0.25) is 0 Å². The van der Waals surface area contributed by atoms with Crippen LogP contribution in [0.1, 0.15) is 28.0 Å². The van der Waals surface area contributed by atoms with Gasteiger partial charge in [0.15, 0.2) is 0 Å². The van der Waals surface area contributed by atoms with E-state index in [0.717, 1.165) is 22.9 Å². The molecule has 0 amide bonds. The Balaban J connectivity index is 2.50. The van der Waals surface area contributed by atoms with E-state index in [1.165, 1.54) is 0 Å². The van der Waals surface area contributed by atoms with E-state index in [2.05, 4.69) is 4.98 Å². The molecule has 0 atom stereocenters. The van der Waals surface area contributed by atoms with Gasteiger partial charge in [0.25, 0.3) is 0 Å². The normalized spacial score (nSPS) is 10.9. The van der Waals surface area contributed by atoms with Crippen molar-refractivity contribution in [3.63, 3.8) is 0 Å². The zero-order valence-electron chi connectivity index (χ0n) is 9.66. The van der Waals surface area contributed by atoms with Crippen LogP contribution in [0.5, 0.6) is 0 Å². The number of aromatic amines is 1. The van der Waals surface area contributed by atoms with Gasteiger partial charge in [-0.05, 0) is 37.5 Å². The smallest absolute Gasteiger partial charge is 0.338 e. The summed E-state index contributed by atoms with van der Waals surface area (Å²) in [6.45, 7) is 1.91. The number of aromatic nitrogens is 1. The van der Waals surface area contributed by atoms with Crippen LogP contribution in [0.15, 0.2) is 18.2 Å². The van der Waals surface area contributed by atoms with Crippen molar-refractivity contribution in [2.45, 2.75) is 19.8 Å². The van der Waals surface area contributed by atoms with Gasteiger partial charge in [0.05, 0.1) is 5.56 Å². The number of rotatable bonds is 4. The number of carboxylic acids is 1. The summed E-state index contributed by atoms with van der Waals surface area (Å²) in [6.07, 6.45) is 1.45. The topological polar surface area (TPSA) is 73.3 Å². The Labute approximate surface area is 98.9 Å². The molecule has 3 N–H and O–H groups in total. The molecule has 2 aromatic rings. The number of aryl methyl sites for hydroxylation is 2. The molecule has 90 valence electrons. The van der Waals surface area contributed by atoms with Crippen LogP contribution >= 0.6 is 0 Å². The molecular weight excluding hydrogens is 218 g/mol. The molecule has 1 aromatic heterocycles. The van der Waals surface area contributed by atoms with Crippen molar-refractivity contribution in [1.29, 1.82) is 0 Å². The van der Waals surface area contributed by atoms with Crippen molar-refractivity contribution < 1.29 is 15.0 Å². The molecule has 0 saturated heterocycles. The maximum absolute atomic E-state index is 11.2. The van der Waals surface area contributed by atoms with E-state index in [-0.39, 0.29) is 6.61 Å². The number of carbonyl (C=O) groups is 1. The maximum Gasteiger partial charge on any atom is 0.338 e. The van der Waals surface area contributed by atoms with Crippen molar-refractivity contribution >= 4 is 16.9 Å². The van der Waals surface area contributed by atoms with Crippen molar-refractivity contribution in [3.8, 4) is 0 Å². The number of aliphatic hydroxyl groups is 1. The van der Waals surface area contributed by atoms with Crippen LogP contribution in [0.4, 0.5) is 0 Å². The summed E-state index contributed by atoms with van der Waals surface area (Å²) in [7, 11) is 0. The highest BCUT2D eigenvalue weighted by atomic mass is 16.4. The molecule has 17 heavy (non-hydrogen) atoms. The first-order valence-electron chi connectivity index (χ1n) is 5.59. The van der Waals surface area contributed by atoms with E-state index in [4.69, 9.17) is 10.2 Å². The lowest BCUT2D eigenvalue weighted by Crippen LogP contribution is -1.97. The number of aliphatic hydroxyl groups excluding tert-OH is 1. The van der Waals surface area contributed by atoms with Gasteiger partial charge in [0, 0.05) is 23.2 Å². The molecule has 4 heteroatoms. The van der Waals surface area contributed by atoms with Gasteiger partial charge in [-0.25, -0.2) is 4.79 Å². The van der Waals surface area contributed by atoms with Gasteiger partial charge < -0.3 is 15.2 Å². The summed E-state index contributed by atoms with van der Waals surface area (Å²) in [5, 5.41) is 18.7. The molecule has 0 fully saturated rings. The Hall–Kier alpha value is -1.81. The van der Waals surface area contributed by atoms with E-state index in [0.29, 0.717) is 17.7 Å². The molecule has 1 heterocycles. The second-order valence-corrected chi connectivity index (χ2v) is 4.14. The summed E-state index contributed by atoms with van der Waals surface area (Å²) < 4.78 is 0. The molecule has 1 aromatic carbocycles. The molecule has 0 unspecified atom stereocenters. The number of nitrogens with one attached hydrogen (secondary N) is 1. The fourth-order valence-corrected chi connectivity index (χ4v) is 2.09. The first-order valence-corrected chi connectivity index (χ1v) is 5.59. The minimum absolute atomic E-state index is 0.149. The molecule has 4 nitrogen and oxygen atoms in total. The van der Waals surface area contributed by atoms with Crippen molar-refractivity contribution in [1.82, 2.24) is 4.98 Å². The summed E-state index contributed by atoms with van der Waals surface area (Å²) in [4.78, 5) is 14.2. The van der Waals surface area contributed by atoms with E-state index in [9.17, 15) is 4.79 Å². The van der Waals surface area contributed by atoms with Crippen LogP contribution in [0.3, 0.4) is 0 Å². The summed E-state index contributed by atoms with van der Waals surface area (Å²) in [6, 6.07) is 5.74. The number of hydrogen-bond donors (Lipinski definition) is 3. The van der Waals surface area contributed by atoms with Crippen molar-refractivity contribution in [2.75, 3.05) is 6.61 Å². The number of carboxylic acid groups (broad SMARTS) is 1. The number of aromatic carboxylic acids is 1. The van der Waals surface area contributed by atoms with Crippen LogP contribution in [-0.4, -0.2) is 27.8 Å². The third-order valence-electron chi connectivity index (χ3n) is 2.89. The standard InChI is InChI=1S/C13H15NO3/c1-8-12(13(16)17)10-7-9(3-2-6-15)4-5-11(10)14-8/h4-5,7,14-15H,2-3,6H2,1H3,(H,16,17). The van der Waals surface area contributed by atoms with Crippen molar-refractivity contribution in [3.05, 3.63) is 35.0 Å². The lowest BCUT2D eigenvalue weighted by molar-refractivity contribution is 0.0698. The van der Waals surface area contributed by atoms with Crippen LogP contribution in [0.25, 0.3) is 10.9 Å². The lowest BCUT2D eigenvalue weighted by Gasteiger charge is -2.00. The molecule has 0 radical (unpaired) electrons. The highest BCUT2D eigenvalue weighted by Gasteiger charge is 2.14. The van der Waals surface area contributed by atoms with Crippen LogP contribution in [0.2, 0.25) is 0 Å². The number of H-pyrrole nitrogens is 1. The first-order chi connectivity index (χ1) is 8.13. The maximum atomic E-state index is 11.2. The first kappa shape index (κ1) is 11.7. The van der Waals surface area contributed by atoms with Crippen molar-refractivity contribution in [2.24, 2.45) is 0 Å². The molecule has 0 aliphatic heterocycles. The minimum Gasteiger partial charge on any atom is -0.478 e. The third-order valence-corrected chi connectivity index (χ3v) is 2.89. The zero-order chi connectivity index (χ0) is 12.4. The largest absolute Gasteiger partial charge is 0.478 e. The predicted octanol–water partition coefficient (Wildman–Crippen LogP) is 2.10. The minimum atomic E-state index is -0.909. The Bertz CT molecular complexity index is 557. The highest BCUT2D eigenvalue weighted by molar-refractivity contribution is 6.04. The third kappa shape index (κ3) is 2.17. The van der Waals surface area contributed by atoms with Gasteiger partial charge in [0.1, 0.15) is 0 Å². The number of benzene rings is 1. The lowest BCUT2D eigenvalue weighted by atomic mass is 10.0. The summed E-state index contributed by atoms with van der Waals surface area (Å²) >= 11 is 0. The molecule has 0 aliphatic rings. The quantitative estimate of drug-likeness (QED) is 0.757. The molecule has 0 aliphatic carbocycles. The molecule has 0 bridgehead atoms. The van der Waals surface area contributed by atoms with Gasteiger partial charge in [-0.15, -0.1) is 0 Å². The average molecular weight is 233 g/mol. The Kier molecular flexibility index (Phi) is 3.15. The van der Waals surface area contributed by atoms with Gasteiger partial charge in [-0.3, -0.25) is 0 Å². The highest BCUT2D eigenvalue weighted by Crippen LogP contribution is 2.23. The number of fused-ring (bicyclic) bond motifs is 1. The Morgan fingerprint density at radius 1 is 1.41 bits per heavy atom. The summed E-state index contributed by atoms with van der Waals surface area (Å²) in [5.41, 5.74) is 2.90. The SMILES string of the molecule is Cc1[nH]c2ccc(CCCO)cc2c1C(=O)O. The molecule has 2 rings (SSSR count). The molecular formula is C13H15NO3. The van der Waals surface area contributed by atoms with E-state index in [1.807, 2.05) is 18.2 Å². The predicted molar refractivity (Wildman–Crippen MR) is 65.4 cm³/mol. The van der Waals surface area contributed by atoms with E-state index in [1.54, 1.807) is 6.92 Å². The number of hydrogen-bond acceptors (Lipinski definition) is 2. The van der Waals surface area contributed by atoms with Crippen LogP contribution < -0.4 is 0 Å². The van der Waals surface area contributed by atoms with E-state index >= 15 is 0 Å². The fourth-order valence-electron chi connectivity index (χ4n) is 2.09.